The minimum absolute atomic E-state index is 0.244. The fourth-order valence-electron chi connectivity index (χ4n) is 1.31. The van der Waals surface area contributed by atoms with Gasteiger partial charge in [-0.3, -0.25) is 4.98 Å². The first-order chi connectivity index (χ1) is 8.06. The van der Waals surface area contributed by atoms with Crippen molar-refractivity contribution in [2.75, 3.05) is 5.73 Å². The van der Waals surface area contributed by atoms with Crippen molar-refractivity contribution in [3.63, 3.8) is 0 Å². The number of halogens is 1. The highest BCUT2D eigenvalue weighted by Crippen LogP contribution is 2.28. The minimum atomic E-state index is -0.410. The van der Waals surface area contributed by atoms with E-state index in [0.29, 0.717) is 17.3 Å². The van der Waals surface area contributed by atoms with E-state index in [0.717, 1.165) is 5.69 Å². The van der Waals surface area contributed by atoms with Crippen LogP contribution in [0, 0.1) is 19.7 Å². The molecule has 0 radical (unpaired) electrons. The summed E-state index contributed by atoms with van der Waals surface area (Å²) in [5.74, 6) is 0.169. The lowest BCUT2D eigenvalue weighted by molar-refractivity contribution is 0.451. The number of aryl methyl sites for hydroxylation is 2. The second-order valence-electron chi connectivity index (χ2n) is 3.69. The average Bonchev–Trinajstić information content (AvgIpc) is 2.28. The van der Waals surface area contributed by atoms with Gasteiger partial charge in [0, 0.05) is 12.3 Å². The molecule has 2 N–H and O–H groups in total. The van der Waals surface area contributed by atoms with Gasteiger partial charge in [0.15, 0.2) is 5.75 Å². The predicted molar refractivity (Wildman–Crippen MR) is 62.4 cm³/mol. The Hall–Kier alpha value is -2.17. The zero-order valence-electron chi connectivity index (χ0n) is 9.57. The van der Waals surface area contributed by atoms with Crippen LogP contribution < -0.4 is 10.5 Å². The third-order valence-corrected chi connectivity index (χ3v) is 2.21. The molecule has 0 atom stereocenters. The molecule has 4 nitrogen and oxygen atoms in total. The van der Waals surface area contributed by atoms with Gasteiger partial charge in [0.1, 0.15) is 5.82 Å². The zero-order chi connectivity index (χ0) is 12.4. The van der Waals surface area contributed by atoms with Crippen LogP contribution in [-0.4, -0.2) is 9.97 Å². The Morgan fingerprint density at radius 1 is 1.29 bits per heavy atom. The van der Waals surface area contributed by atoms with Crippen LogP contribution in [0.5, 0.6) is 11.6 Å². The van der Waals surface area contributed by atoms with Gasteiger partial charge in [0.05, 0.1) is 17.1 Å². The first-order valence-corrected chi connectivity index (χ1v) is 5.09. The fraction of sp³-hybridized carbons (Fsp3) is 0.167. The van der Waals surface area contributed by atoms with E-state index in [9.17, 15) is 4.39 Å². The maximum atomic E-state index is 13.1. The molecule has 17 heavy (non-hydrogen) atoms. The first-order valence-electron chi connectivity index (χ1n) is 5.09. The normalized spacial score (nSPS) is 10.3. The molecule has 0 aliphatic rings. The Morgan fingerprint density at radius 3 is 2.82 bits per heavy atom. The minimum Gasteiger partial charge on any atom is -0.435 e. The predicted octanol–water partition coefficient (Wildman–Crippen LogP) is 2.61. The van der Waals surface area contributed by atoms with Gasteiger partial charge in [-0.1, -0.05) is 0 Å². The molecule has 0 bridgehead atoms. The molecule has 1 aromatic heterocycles. The topological polar surface area (TPSA) is 61.0 Å². The molecule has 0 saturated heterocycles. The summed E-state index contributed by atoms with van der Waals surface area (Å²) >= 11 is 0. The Kier molecular flexibility index (Phi) is 2.91. The highest BCUT2D eigenvalue weighted by Gasteiger charge is 2.08. The number of nitrogen functional groups attached to an aromatic ring is 1. The summed E-state index contributed by atoms with van der Waals surface area (Å²) in [6, 6.07) is 3.94. The number of nitrogens with two attached hydrogens (primary N) is 1. The van der Waals surface area contributed by atoms with E-state index < -0.39 is 5.82 Å². The van der Waals surface area contributed by atoms with Gasteiger partial charge in [-0.2, -0.15) is 0 Å². The molecule has 88 valence electrons. The second-order valence-corrected chi connectivity index (χ2v) is 3.69. The Morgan fingerprint density at radius 2 is 2.06 bits per heavy atom. The van der Waals surface area contributed by atoms with Gasteiger partial charge in [-0.15, -0.1) is 0 Å². The van der Waals surface area contributed by atoms with Crippen LogP contribution in [0.2, 0.25) is 0 Å². The van der Waals surface area contributed by atoms with Crippen molar-refractivity contribution in [1.29, 1.82) is 0 Å². The van der Waals surface area contributed by atoms with Gasteiger partial charge in [0.25, 0.3) is 0 Å². The van der Waals surface area contributed by atoms with Crippen LogP contribution in [0.15, 0.2) is 24.4 Å². The highest BCUT2D eigenvalue weighted by atomic mass is 19.1. The second kappa shape index (κ2) is 4.37. The summed E-state index contributed by atoms with van der Waals surface area (Å²) in [4.78, 5) is 8.28. The van der Waals surface area contributed by atoms with Crippen LogP contribution >= 0.6 is 0 Å². The molecule has 2 rings (SSSR count). The largest absolute Gasteiger partial charge is 0.435 e. The summed E-state index contributed by atoms with van der Waals surface area (Å²) in [6.45, 7) is 3.56. The molecular formula is C12H12FN3O. The molecule has 0 amide bonds. The SMILES string of the molecule is Cc1cnc(C)c(Oc2cc(F)ccc2N)n1. The Bertz CT molecular complexity index is 508. The van der Waals surface area contributed by atoms with Crippen molar-refractivity contribution in [3.8, 4) is 11.6 Å². The van der Waals surface area contributed by atoms with E-state index in [1.807, 2.05) is 0 Å². The summed E-state index contributed by atoms with van der Waals surface area (Å²) in [5.41, 5.74) is 7.39. The van der Waals surface area contributed by atoms with Gasteiger partial charge >= 0.3 is 0 Å². The van der Waals surface area contributed by atoms with Crippen LogP contribution in [0.3, 0.4) is 0 Å². The molecule has 0 fully saturated rings. The van der Waals surface area contributed by atoms with Crippen molar-refractivity contribution in [3.05, 3.63) is 41.6 Å². The maximum Gasteiger partial charge on any atom is 0.241 e. The van der Waals surface area contributed by atoms with E-state index >= 15 is 0 Å². The highest BCUT2D eigenvalue weighted by molar-refractivity contribution is 5.53. The third-order valence-electron chi connectivity index (χ3n) is 2.21. The molecule has 0 aliphatic heterocycles. The quantitative estimate of drug-likeness (QED) is 0.810. The Labute approximate surface area is 98.3 Å². The van der Waals surface area contributed by atoms with Crippen molar-refractivity contribution in [1.82, 2.24) is 9.97 Å². The van der Waals surface area contributed by atoms with Gasteiger partial charge in [-0.25, -0.2) is 9.37 Å². The molecule has 0 spiro atoms. The van der Waals surface area contributed by atoms with Crippen LogP contribution in [0.25, 0.3) is 0 Å². The molecule has 5 heteroatoms. The molecule has 0 unspecified atom stereocenters. The van der Waals surface area contributed by atoms with Gasteiger partial charge in [-0.05, 0) is 26.0 Å². The lowest BCUT2D eigenvalue weighted by Crippen LogP contribution is -1.98. The molecule has 0 saturated carbocycles. The molecule has 0 aliphatic carbocycles. The van der Waals surface area contributed by atoms with Gasteiger partial charge < -0.3 is 10.5 Å². The van der Waals surface area contributed by atoms with Crippen molar-refractivity contribution in [2.24, 2.45) is 0 Å². The summed E-state index contributed by atoms with van der Waals surface area (Å²) in [7, 11) is 0. The number of aromatic nitrogens is 2. The molecule has 2 aromatic rings. The van der Waals surface area contributed by atoms with Crippen LogP contribution in [0.1, 0.15) is 11.4 Å². The van der Waals surface area contributed by atoms with E-state index in [2.05, 4.69) is 9.97 Å². The Balaban J connectivity index is 2.37. The van der Waals surface area contributed by atoms with Crippen LogP contribution in [-0.2, 0) is 0 Å². The van der Waals surface area contributed by atoms with Crippen molar-refractivity contribution < 1.29 is 9.13 Å². The zero-order valence-corrected chi connectivity index (χ0v) is 9.57. The van der Waals surface area contributed by atoms with E-state index in [1.165, 1.54) is 18.2 Å². The van der Waals surface area contributed by atoms with Gasteiger partial charge in [0.2, 0.25) is 5.88 Å². The van der Waals surface area contributed by atoms with Crippen molar-refractivity contribution >= 4 is 5.69 Å². The molecule has 1 aromatic carbocycles. The summed E-state index contributed by atoms with van der Waals surface area (Å²) < 4.78 is 18.5. The lowest BCUT2D eigenvalue weighted by atomic mass is 10.3. The molecule has 1 heterocycles. The smallest absolute Gasteiger partial charge is 0.241 e. The summed E-state index contributed by atoms with van der Waals surface area (Å²) in [6.07, 6.45) is 1.64. The average molecular weight is 233 g/mol. The van der Waals surface area contributed by atoms with Crippen LogP contribution in [0.4, 0.5) is 10.1 Å². The summed E-state index contributed by atoms with van der Waals surface area (Å²) in [5, 5.41) is 0. The monoisotopic (exact) mass is 233 g/mol. The number of rotatable bonds is 2. The standard InChI is InChI=1S/C12H12FN3O/c1-7-6-15-8(2)12(16-7)17-11-5-9(13)3-4-10(11)14/h3-6H,14H2,1-2H3. The number of hydrogen-bond donors (Lipinski definition) is 1. The third kappa shape index (κ3) is 2.50. The number of hydrogen-bond acceptors (Lipinski definition) is 4. The number of anilines is 1. The lowest BCUT2D eigenvalue weighted by Gasteiger charge is -2.09. The number of benzene rings is 1. The maximum absolute atomic E-state index is 13.1. The number of nitrogens with zero attached hydrogens (tertiary/aromatic N) is 2. The first kappa shape index (κ1) is 11.3. The number of ether oxygens (including phenoxy) is 1. The van der Waals surface area contributed by atoms with Crippen molar-refractivity contribution in [2.45, 2.75) is 13.8 Å². The van der Waals surface area contributed by atoms with E-state index in [-0.39, 0.29) is 5.75 Å². The fourth-order valence-corrected chi connectivity index (χ4v) is 1.31. The molecular weight excluding hydrogens is 221 g/mol. The van der Waals surface area contributed by atoms with E-state index in [1.54, 1.807) is 20.0 Å². The van der Waals surface area contributed by atoms with E-state index in [4.69, 9.17) is 10.5 Å².